The molecule has 1 saturated heterocycles. The van der Waals surface area contributed by atoms with Gasteiger partial charge in [0.2, 0.25) is 0 Å². The minimum Gasteiger partial charge on any atom is -0.478 e. The summed E-state index contributed by atoms with van der Waals surface area (Å²) in [6, 6.07) is 20.3. The number of amides is 4. The van der Waals surface area contributed by atoms with Gasteiger partial charge in [-0.15, -0.1) is 0 Å². The summed E-state index contributed by atoms with van der Waals surface area (Å²) < 4.78 is 1.93. The van der Waals surface area contributed by atoms with E-state index < -0.39 is 23.8 Å². The van der Waals surface area contributed by atoms with Crippen molar-refractivity contribution in [3.63, 3.8) is 0 Å². The minimum atomic E-state index is -1.01. The highest BCUT2D eigenvalue weighted by molar-refractivity contribution is 6.39. The summed E-state index contributed by atoms with van der Waals surface area (Å²) in [5.41, 5.74) is 3.41. The van der Waals surface area contributed by atoms with E-state index in [0.717, 1.165) is 26.9 Å². The van der Waals surface area contributed by atoms with Crippen LogP contribution in [-0.4, -0.2) is 33.5 Å². The van der Waals surface area contributed by atoms with Gasteiger partial charge in [-0.05, 0) is 48.4 Å². The van der Waals surface area contributed by atoms with Crippen molar-refractivity contribution >= 4 is 46.5 Å². The Morgan fingerprint density at radius 1 is 0.972 bits per heavy atom. The van der Waals surface area contributed by atoms with Crippen LogP contribution in [0.15, 0.2) is 84.6 Å². The number of aryl methyl sites for hydroxylation is 1. The Labute approximate surface area is 206 Å². The zero-order chi connectivity index (χ0) is 25.4. The predicted molar refractivity (Wildman–Crippen MR) is 135 cm³/mol. The summed E-state index contributed by atoms with van der Waals surface area (Å²) in [5, 5.41) is 12.4. The highest BCUT2D eigenvalue weighted by Gasteiger charge is 2.37. The molecule has 1 aliphatic heterocycles. The van der Waals surface area contributed by atoms with E-state index in [0.29, 0.717) is 17.8 Å². The number of aromatic nitrogens is 1. The van der Waals surface area contributed by atoms with Gasteiger partial charge in [-0.3, -0.25) is 14.9 Å². The zero-order valence-electron chi connectivity index (χ0n) is 19.3. The van der Waals surface area contributed by atoms with Crippen LogP contribution in [0.3, 0.4) is 0 Å². The molecule has 0 atom stereocenters. The highest BCUT2D eigenvalue weighted by atomic mass is 16.4. The van der Waals surface area contributed by atoms with Crippen LogP contribution in [0.1, 0.15) is 27.0 Å². The maximum atomic E-state index is 13.4. The minimum absolute atomic E-state index is 0.159. The number of urea groups is 1. The normalized spacial score (nSPS) is 15.0. The van der Waals surface area contributed by atoms with Crippen molar-refractivity contribution in [2.75, 3.05) is 4.90 Å². The van der Waals surface area contributed by atoms with Gasteiger partial charge >= 0.3 is 12.0 Å². The number of rotatable bonds is 5. The molecular weight excluding hydrogens is 458 g/mol. The van der Waals surface area contributed by atoms with Crippen LogP contribution in [0.2, 0.25) is 0 Å². The number of hydrogen-bond donors (Lipinski definition) is 2. The standard InChI is InChI=1S/C28H21N3O5/c1-17-7-2-4-11-23(17)31-26(33)22(25(32)29-28(31)36)14-20-16-30(24-12-5-3-10-21(20)24)15-18-8-6-9-19(13-18)27(34)35/h2-14,16H,15H2,1H3,(H,34,35)(H,29,32,36)/b22-14+. The topological polar surface area (TPSA) is 109 Å². The first kappa shape index (κ1) is 22.8. The number of hydrogen-bond acceptors (Lipinski definition) is 4. The third-order valence-electron chi connectivity index (χ3n) is 6.10. The first-order chi connectivity index (χ1) is 17.3. The van der Waals surface area contributed by atoms with E-state index in [1.807, 2.05) is 34.9 Å². The van der Waals surface area contributed by atoms with Crippen molar-refractivity contribution in [3.8, 4) is 0 Å². The molecule has 0 bridgehead atoms. The average Bonchev–Trinajstić information content (AvgIpc) is 3.20. The van der Waals surface area contributed by atoms with Gasteiger partial charge in [0.25, 0.3) is 11.8 Å². The first-order valence-electron chi connectivity index (χ1n) is 11.2. The number of carbonyl (C=O) groups is 4. The van der Waals surface area contributed by atoms with Gasteiger partial charge in [0, 0.05) is 29.2 Å². The number of para-hydroxylation sites is 2. The summed E-state index contributed by atoms with van der Waals surface area (Å²) in [4.78, 5) is 51.0. The Morgan fingerprint density at radius 2 is 1.72 bits per heavy atom. The molecule has 2 heterocycles. The number of anilines is 1. The van der Waals surface area contributed by atoms with Gasteiger partial charge in [0.1, 0.15) is 5.57 Å². The monoisotopic (exact) mass is 479 g/mol. The Balaban J connectivity index is 1.57. The third kappa shape index (κ3) is 4.05. The van der Waals surface area contributed by atoms with Crippen molar-refractivity contribution in [1.82, 2.24) is 9.88 Å². The predicted octanol–water partition coefficient (Wildman–Crippen LogP) is 4.36. The summed E-state index contributed by atoms with van der Waals surface area (Å²) >= 11 is 0. The van der Waals surface area contributed by atoms with E-state index in [1.165, 1.54) is 12.1 Å². The number of carboxylic acids is 1. The number of benzene rings is 3. The summed E-state index contributed by atoms with van der Waals surface area (Å²) in [7, 11) is 0. The molecule has 1 aliphatic rings. The van der Waals surface area contributed by atoms with Crippen LogP contribution in [0.25, 0.3) is 17.0 Å². The molecule has 1 fully saturated rings. The Morgan fingerprint density at radius 3 is 2.50 bits per heavy atom. The van der Waals surface area contributed by atoms with Gasteiger partial charge < -0.3 is 9.67 Å². The molecule has 4 aromatic rings. The molecule has 2 N–H and O–H groups in total. The van der Waals surface area contributed by atoms with Crippen molar-refractivity contribution in [2.24, 2.45) is 0 Å². The van der Waals surface area contributed by atoms with Crippen LogP contribution in [0.5, 0.6) is 0 Å². The lowest BCUT2D eigenvalue weighted by Gasteiger charge is -2.27. The SMILES string of the molecule is Cc1ccccc1N1C(=O)NC(=O)/C(=C\c2cn(Cc3cccc(C(=O)O)c3)c3ccccc23)C1=O. The number of fused-ring (bicyclic) bond motifs is 1. The molecule has 0 spiro atoms. The fourth-order valence-electron chi connectivity index (χ4n) is 4.37. The smallest absolute Gasteiger partial charge is 0.335 e. The van der Waals surface area contributed by atoms with Crippen LogP contribution >= 0.6 is 0 Å². The number of carboxylic acid groups (broad SMARTS) is 1. The van der Waals surface area contributed by atoms with E-state index in [4.69, 9.17) is 0 Å². The largest absolute Gasteiger partial charge is 0.478 e. The third-order valence-corrected chi connectivity index (χ3v) is 6.10. The van der Waals surface area contributed by atoms with Crippen LogP contribution in [0.4, 0.5) is 10.5 Å². The maximum Gasteiger partial charge on any atom is 0.335 e. The molecule has 36 heavy (non-hydrogen) atoms. The Kier molecular flexibility index (Phi) is 5.69. The van der Waals surface area contributed by atoms with Crippen LogP contribution < -0.4 is 10.2 Å². The molecule has 8 nitrogen and oxygen atoms in total. The van der Waals surface area contributed by atoms with E-state index in [1.54, 1.807) is 49.5 Å². The fraction of sp³-hybridized carbons (Fsp3) is 0.0714. The van der Waals surface area contributed by atoms with Crippen molar-refractivity contribution in [3.05, 3.63) is 107 Å². The Hall–Kier alpha value is -4.98. The molecule has 4 amide bonds. The van der Waals surface area contributed by atoms with Crippen LogP contribution in [-0.2, 0) is 16.1 Å². The molecule has 0 aliphatic carbocycles. The molecule has 0 saturated carbocycles. The second-order valence-electron chi connectivity index (χ2n) is 8.48. The molecule has 8 heteroatoms. The molecule has 178 valence electrons. The lowest BCUT2D eigenvalue weighted by molar-refractivity contribution is -0.122. The summed E-state index contributed by atoms with van der Waals surface area (Å²) in [6.45, 7) is 2.17. The van der Waals surface area contributed by atoms with E-state index in [9.17, 15) is 24.3 Å². The molecule has 0 unspecified atom stereocenters. The highest BCUT2D eigenvalue weighted by Crippen LogP contribution is 2.28. The average molecular weight is 479 g/mol. The molecule has 3 aromatic carbocycles. The lowest BCUT2D eigenvalue weighted by Crippen LogP contribution is -2.54. The van der Waals surface area contributed by atoms with E-state index in [2.05, 4.69) is 5.32 Å². The second kappa shape index (κ2) is 8.99. The molecule has 1 aromatic heterocycles. The van der Waals surface area contributed by atoms with Crippen molar-refractivity contribution < 1.29 is 24.3 Å². The molecule has 5 rings (SSSR count). The second-order valence-corrected chi connectivity index (χ2v) is 8.48. The number of imide groups is 2. The van der Waals surface area contributed by atoms with E-state index >= 15 is 0 Å². The summed E-state index contributed by atoms with van der Waals surface area (Å²) in [6.07, 6.45) is 3.29. The summed E-state index contributed by atoms with van der Waals surface area (Å²) in [5.74, 6) is -2.47. The van der Waals surface area contributed by atoms with Gasteiger partial charge in [-0.1, -0.05) is 48.5 Å². The van der Waals surface area contributed by atoms with E-state index in [-0.39, 0.29) is 11.1 Å². The van der Waals surface area contributed by atoms with Gasteiger partial charge in [0.15, 0.2) is 0 Å². The fourth-order valence-corrected chi connectivity index (χ4v) is 4.37. The number of aromatic carboxylic acids is 1. The van der Waals surface area contributed by atoms with Crippen molar-refractivity contribution in [2.45, 2.75) is 13.5 Å². The van der Waals surface area contributed by atoms with Gasteiger partial charge in [0.05, 0.1) is 11.3 Å². The molecular formula is C28H21N3O5. The van der Waals surface area contributed by atoms with Crippen molar-refractivity contribution in [1.29, 1.82) is 0 Å². The molecule has 0 radical (unpaired) electrons. The number of barbiturate groups is 1. The first-order valence-corrected chi connectivity index (χ1v) is 11.2. The number of nitrogens with zero attached hydrogens (tertiary/aromatic N) is 2. The number of carbonyl (C=O) groups excluding carboxylic acids is 3. The quantitative estimate of drug-likeness (QED) is 0.327. The maximum absolute atomic E-state index is 13.4. The van der Waals surface area contributed by atoms with Gasteiger partial charge in [-0.2, -0.15) is 0 Å². The number of nitrogens with one attached hydrogen (secondary N) is 1. The Bertz CT molecular complexity index is 1600. The lowest BCUT2D eigenvalue weighted by atomic mass is 10.1. The van der Waals surface area contributed by atoms with Gasteiger partial charge in [-0.25, -0.2) is 14.5 Å². The zero-order valence-corrected chi connectivity index (χ0v) is 19.3. The van der Waals surface area contributed by atoms with Crippen LogP contribution in [0, 0.1) is 6.92 Å².